The Morgan fingerprint density at radius 2 is 1.75 bits per heavy atom. The van der Waals surface area contributed by atoms with Crippen LogP contribution in [-0.2, 0) is 4.74 Å². The Labute approximate surface area is 185 Å². The van der Waals surface area contributed by atoms with Crippen molar-refractivity contribution in [3.63, 3.8) is 0 Å². The number of anilines is 2. The molecule has 0 saturated carbocycles. The summed E-state index contributed by atoms with van der Waals surface area (Å²) >= 11 is 0. The highest BCUT2D eigenvalue weighted by molar-refractivity contribution is 6.02. The number of fused-ring (bicyclic) bond motifs is 1. The second kappa shape index (κ2) is 7.99. The molecule has 1 fully saturated rings. The van der Waals surface area contributed by atoms with Crippen LogP contribution in [0.5, 0.6) is 0 Å². The summed E-state index contributed by atoms with van der Waals surface area (Å²) in [7, 11) is 0. The molecule has 0 amide bonds. The van der Waals surface area contributed by atoms with E-state index in [4.69, 9.17) is 10.5 Å². The van der Waals surface area contributed by atoms with Crippen LogP contribution in [-0.4, -0.2) is 49.1 Å². The topological polar surface area (TPSA) is 118 Å². The molecule has 2 aromatic heterocycles. The van der Waals surface area contributed by atoms with Crippen LogP contribution in [0.1, 0.15) is 13.2 Å². The van der Waals surface area contributed by atoms with Crippen LogP contribution in [0, 0.1) is 0 Å². The van der Waals surface area contributed by atoms with Crippen molar-refractivity contribution >= 4 is 22.5 Å². The molecule has 3 heterocycles. The van der Waals surface area contributed by atoms with Gasteiger partial charge in [-0.25, -0.2) is 9.97 Å². The first-order chi connectivity index (χ1) is 15.5. The molecule has 1 aliphatic rings. The summed E-state index contributed by atoms with van der Waals surface area (Å²) < 4.78 is 7.84. The second-order valence-electron chi connectivity index (χ2n) is 8.19. The van der Waals surface area contributed by atoms with Gasteiger partial charge >= 0.3 is 0 Å². The molecule has 0 unspecified atom stereocenters. The molecule has 5 rings (SSSR count). The Balaban J connectivity index is 1.70. The average Bonchev–Trinajstić information content (AvgIpc) is 3.33. The van der Waals surface area contributed by atoms with Crippen LogP contribution in [0.15, 0.2) is 73.2 Å². The predicted molar refractivity (Wildman–Crippen MR) is 122 cm³/mol. The highest BCUT2D eigenvalue weighted by Gasteiger charge is 2.51. The van der Waals surface area contributed by atoms with E-state index in [-0.39, 0.29) is 6.54 Å². The quantitative estimate of drug-likeness (QED) is 0.384. The Bertz CT molecular complexity index is 1230. The third-order valence-electron chi connectivity index (χ3n) is 6.04. The fourth-order valence-electron chi connectivity index (χ4n) is 4.19. The van der Waals surface area contributed by atoms with Gasteiger partial charge in [-0.2, -0.15) is 0 Å². The smallest absolute Gasteiger partial charge is 0.164 e. The molecule has 164 valence electrons. The van der Waals surface area contributed by atoms with Crippen molar-refractivity contribution in [2.75, 3.05) is 11.9 Å². The lowest BCUT2D eigenvalue weighted by atomic mass is 9.98. The van der Waals surface area contributed by atoms with Gasteiger partial charge in [0.05, 0.1) is 5.39 Å². The summed E-state index contributed by atoms with van der Waals surface area (Å²) in [4.78, 5) is 9.01. The normalized spacial score (nSPS) is 25.3. The largest absolute Gasteiger partial charge is 0.387 e. The van der Waals surface area contributed by atoms with Crippen LogP contribution in [0.4, 0.5) is 11.5 Å². The van der Waals surface area contributed by atoms with Gasteiger partial charge in [0.25, 0.3) is 0 Å². The lowest BCUT2D eigenvalue weighted by Gasteiger charge is -2.25. The lowest BCUT2D eigenvalue weighted by molar-refractivity contribution is -0.0852. The summed E-state index contributed by atoms with van der Waals surface area (Å²) in [6.07, 6.45) is 0.215. The maximum absolute atomic E-state index is 10.8. The van der Waals surface area contributed by atoms with E-state index in [9.17, 15) is 10.2 Å². The van der Waals surface area contributed by atoms with Crippen LogP contribution in [0.2, 0.25) is 0 Å². The minimum Gasteiger partial charge on any atom is -0.387 e. The standard InChI is InChI=1S/C24H25N5O3/c1-24(13-25)20(31)19(30)23(32-24)29-12-17(15-8-4-2-5-9-15)18-21(26-14-27-22(18)29)28-16-10-6-3-7-11-16/h2-12,14,19-20,23,30-31H,13,25H2,1H3,(H,26,27,28)/t19-,20+,23-,24-/m1/s1. The van der Waals surface area contributed by atoms with Crippen LogP contribution < -0.4 is 11.1 Å². The molecule has 8 heteroatoms. The van der Waals surface area contributed by atoms with Crippen molar-refractivity contribution in [3.05, 3.63) is 73.2 Å². The van der Waals surface area contributed by atoms with Gasteiger partial charge in [-0.3, -0.25) is 0 Å². The molecule has 32 heavy (non-hydrogen) atoms. The monoisotopic (exact) mass is 431 g/mol. The molecule has 5 N–H and O–H groups in total. The van der Waals surface area contributed by atoms with Crippen LogP contribution in [0.3, 0.4) is 0 Å². The summed E-state index contributed by atoms with van der Waals surface area (Å²) in [6.45, 7) is 1.77. The molecule has 1 saturated heterocycles. The molecule has 8 nitrogen and oxygen atoms in total. The predicted octanol–water partition coefficient (Wildman–Crippen LogP) is 2.81. The molecule has 4 aromatic rings. The van der Waals surface area contributed by atoms with Crippen LogP contribution in [0.25, 0.3) is 22.2 Å². The minimum atomic E-state index is -1.16. The molecule has 0 spiro atoms. The molecule has 4 atom stereocenters. The highest BCUT2D eigenvalue weighted by Crippen LogP contribution is 2.42. The number of hydrogen-bond donors (Lipinski definition) is 4. The summed E-state index contributed by atoms with van der Waals surface area (Å²) in [5.41, 5.74) is 8.10. The average molecular weight is 431 g/mol. The summed E-state index contributed by atoms with van der Waals surface area (Å²) in [5, 5.41) is 25.5. The number of aliphatic hydroxyl groups excluding tert-OH is 2. The first kappa shape index (κ1) is 20.6. The van der Waals surface area contributed by atoms with Gasteiger partial charge in [0.15, 0.2) is 6.23 Å². The van der Waals surface area contributed by atoms with Gasteiger partial charge in [-0.15, -0.1) is 0 Å². The zero-order chi connectivity index (χ0) is 22.3. The number of nitrogens with one attached hydrogen (secondary N) is 1. The van der Waals surface area contributed by atoms with E-state index < -0.39 is 24.0 Å². The van der Waals surface area contributed by atoms with Crippen molar-refractivity contribution in [1.82, 2.24) is 14.5 Å². The molecule has 0 bridgehead atoms. The molecular formula is C24H25N5O3. The summed E-state index contributed by atoms with van der Waals surface area (Å²) in [6, 6.07) is 19.6. The fourth-order valence-corrected chi connectivity index (χ4v) is 4.19. The van der Waals surface area contributed by atoms with Crippen molar-refractivity contribution in [3.8, 4) is 11.1 Å². The zero-order valence-electron chi connectivity index (χ0n) is 17.6. The van der Waals surface area contributed by atoms with Gasteiger partial charge in [-0.1, -0.05) is 48.5 Å². The molecular weight excluding hydrogens is 406 g/mol. The molecule has 1 aliphatic heterocycles. The maximum Gasteiger partial charge on any atom is 0.164 e. The van der Waals surface area contributed by atoms with E-state index in [0.29, 0.717) is 11.5 Å². The Hall–Kier alpha value is -3.30. The van der Waals surface area contributed by atoms with Crippen LogP contribution >= 0.6 is 0 Å². The van der Waals surface area contributed by atoms with E-state index in [1.807, 2.05) is 66.9 Å². The SMILES string of the molecule is C[C@]1(CN)O[C@@H](n2cc(-c3ccccc3)c3c(Nc4ccccc4)ncnc32)[C@H](O)[C@@H]1O. The maximum atomic E-state index is 10.8. The Morgan fingerprint density at radius 1 is 1.06 bits per heavy atom. The number of benzene rings is 2. The third-order valence-corrected chi connectivity index (χ3v) is 6.04. The van der Waals surface area contributed by atoms with E-state index in [2.05, 4.69) is 15.3 Å². The van der Waals surface area contributed by atoms with E-state index >= 15 is 0 Å². The van der Waals surface area contributed by atoms with Gasteiger partial charge in [-0.05, 0) is 24.6 Å². The lowest BCUT2D eigenvalue weighted by Crippen LogP contribution is -2.46. The first-order valence-corrected chi connectivity index (χ1v) is 10.5. The van der Waals surface area contributed by atoms with Gasteiger partial charge in [0, 0.05) is 24.0 Å². The van der Waals surface area contributed by atoms with E-state index in [1.54, 1.807) is 11.5 Å². The van der Waals surface area contributed by atoms with Gasteiger partial charge in [0.1, 0.15) is 35.6 Å². The zero-order valence-corrected chi connectivity index (χ0v) is 17.6. The Kier molecular flexibility index (Phi) is 5.15. The number of nitrogens with two attached hydrogens (primary N) is 1. The number of aliphatic hydroxyl groups is 2. The number of para-hydroxylation sites is 1. The number of hydrogen-bond acceptors (Lipinski definition) is 7. The summed E-state index contributed by atoms with van der Waals surface area (Å²) in [5.74, 6) is 0.633. The van der Waals surface area contributed by atoms with Gasteiger partial charge in [0.2, 0.25) is 0 Å². The second-order valence-corrected chi connectivity index (χ2v) is 8.19. The van der Waals surface area contributed by atoms with Gasteiger partial charge < -0.3 is 30.6 Å². The fraction of sp³-hybridized carbons (Fsp3) is 0.250. The number of aromatic nitrogens is 3. The van der Waals surface area contributed by atoms with Crippen molar-refractivity contribution < 1.29 is 14.9 Å². The molecule has 0 radical (unpaired) electrons. The van der Waals surface area contributed by atoms with Crippen molar-refractivity contribution in [2.24, 2.45) is 5.73 Å². The highest BCUT2D eigenvalue weighted by atomic mass is 16.6. The first-order valence-electron chi connectivity index (χ1n) is 10.5. The van der Waals surface area contributed by atoms with E-state index in [1.165, 1.54) is 6.33 Å². The van der Waals surface area contributed by atoms with Crippen molar-refractivity contribution in [2.45, 2.75) is 31.0 Å². The molecule has 2 aromatic carbocycles. The Morgan fingerprint density at radius 3 is 2.41 bits per heavy atom. The van der Waals surface area contributed by atoms with E-state index in [0.717, 1.165) is 22.2 Å². The third kappa shape index (κ3) is 3.34. The molecule has 0 aliphatic carbocycles. The van der Waals surface area contributed by atoms with Crippen molar-refractivity contribution in [1.29, 1.82) is 0 Å². The number of ether oxygens (including phenoxy) is 1. The number of rotatable bonds is 5. The number of nitrogens with zero attached hydrogens (tertiary/aromatic N) is 3. The minimum absolute atomic E-state index is 0.0717.